The molecule has 0 fully saturated rings. The van der Waals surface area contributed by atoms with Gasteiger partial charge >= 0.3 is 0 Å². The second-order valence-corrected chi connectivity index (χ2v) is 8.92. The van der Waals surface area contributed by atoms with Crippen molar-refractivity contribution < 1.29 is 9.47 Å². The molecule has 0 atom stereocenters. The Hall–Kier alpha value is -4.30. The molecule has 0 unspecified atom stereocenters. The van der Waals surface area contributed by atoms with Gasteiger partial charge in [-0.05, 0) is 64.8 Å². The first-order valence-corrected chi connectivity index (χ1v) is 14.2. The molecule has 8 nitrogen and oxygen atoms in total. The molecule has 2 aromatic carbocycles. The summed E-state index contributed by atoms with van der Waals surface area (Å²) in [7, 11) is 0. The molecule has 0 radical (unpaired) electrons. The second kappa shape index (κ2) is 17.3. The van der Waals surface area contributed by atoms with Crippen LogP contribution < -0.4 is 19.3 Å². The molecule has 212 valence electrons. The lowest BCUT2D eigenvalue weighted by atomic mass is 10.1. The van der Waals surface area contributed by atoms with Gasteiger partial charge in [-0.25, -0.2) is 9.98 Å². The highest BCUT2D eigenvalue weighted by Crippen LogP contribution is 2.27. The number of hydrogen-bond acceptors (Lipinski definition) is 8. The van der Waals surface area contributed by atoms with Gasteiger partial charge in [-0.1, -0.05) is 13.8 Å². The molecule has 0 aliphatic rings. The van der Waals surface area contributed by atoms with E-state index in [1.165, 1.54) is 0 Å². The average Bonchev–Trinajstić information content (AvgIpc) is 2.99. The van der Waals surface area contributed by atoms with Crippen LogP contribution in [0.3, 0.4) is 0 Å². The van der Waals surface area contributed by atoms with Gasteiger partial charge in [0.25, 0.3) is 0 Å². The van der Waals surface area contributed by atoms with Gasteiger partial charge < -0.3 is 19.3 Å². The Labute approximate surface area is 239 Å². The molecule has 0 spiro atoms. The zero-order valence-electron chi connectivity index (χ0n) is 24.8. The number of nitriles is 2. The molecule has 0 bridgehead atoms. The molecule has 0 saturated carbocycles. The monoisotopic (exact) mass is 542 g/mol. The Morgan fingerprint density at radius 2 is 1.05 bits per heavy atom. The highest BCUT2D eigenvalue weighted by Gasteiger charge is 2.11. The molecule has 0 saturated heterocycles. The molecular formula is C32H42N6O2. The van der Waals surface area contributed by atoms with E-state index in [-0.39, 0.29) is 11.4 Å². The fourth-order valence-corrected chi connectivity index (χ4v) is 4.06. The predicted molar refractivity (Wildman–Crippen MR) is 165 cm³/mol. The summed E-state index contributed by atoms with van der Waals surface area (Å²) in [6.07, 6.45) is 4.83. The Kier molecular flexibility index (Phi) is 13.8. The van der Waals surface area contributed by atoms with E-state index in [4.69, 9.17) is 9.47 Å². The number of anilines is 2. The van der Waals surface area contributed by atoms with Crippen LogP contribution in [0, 0.1) is 22.7 Å². The van der Waals surface area contributed by atoms with E-state index in [9.17, 15) is 10.5 Å². The van der Waals surface area contributed by atoms with Gasteiger partial charge in [0.05, 0.1) is 13.2 Å². The minimum Gasteiger partial charge on any atom is -0.493 e. The van der Waals surface area contributed by atoms with Crippen LogP contribution in [-0.4, -0.2) is 51.8 Å². The number of hydrogen-bond donors (Lipinski definition) is 0. The number of aliphatic imine (C=N–C) groups is 2. The average molecular weight is 543 g/mol. The summed E-state index contributed by atoms with van der Waals surface area (Å²) in [5, 5.41) is 19.6. The fraction of sp³-hybridized carbons (Fsp3) is 0.438. The van der Waals surface area contributed by atoms with E-state index in [1.807, 2.05) is 62.4 Å². The summed E-state index contributed by atoms with van der Waals surface area (Å²) in [4.78, 5) is 13.1. The van der Waals surface area contributed by atoms with Crippen molar-refractivity contribution >= 4 is 23.8 Å². The van der Waals surface area contributed by atoms with Gasteiger partial charge in [-0.15, -0.1) is 0 Å². The van der Waals surface area contributed by atoms with Gasteiger partial charge in [0.2, 0.25) is 0 Å². The fourth-order valence-electron chi connectivity index (χ4n) is 4.06. The SMILES string of the molecule is CCCOc1cc(N(CC)CC)ccc1C=N/C(C#N)=C(/C#N)N=Cc1ccc(N(CC)CC)cc1OCCC. The van der Waals surface area contributed by atoms with Gasteiger partial charge in [0, 0.05) is 73.2 Å². The van der Waals surface area contributed by atoms with Crippen molar-refractivity contribution in [2.24, 2.45) is 9.98 Å². The van der Waals surface area contributed by atoms with E-state index in [0.29, 0.717) is 24.7 Å². The van der Waals surface area contributed by atoms with Gasteiger partial charge in [-0.2, -0.15) is 10.5 Å². The van der Waals surface area contributed by atoms with Crippen molar-refractivity contribution in [1.82, 2.24) is 0 Å². The molecule has 0 aliphatic heterocycles. The number of benzene rings is 2. The van der Waals surface area contributed by atoms with Crippen molar-refractivity contribution in [3.8, 4) is 23.6 Å². The summed E-state index contributed by atoms with van der Waals surface area (Å²) in [6, 6.07) is 15.9. The Morgan fingerprint density at radius 1 is 0.675 bits per heavy atom. The molecule has 0 amide bonds. The molecule has 2 rings (SSSR count). The van der Waals surface area contributed by atoms with Crippen LogP contribution in [0.4, 0.5) is 11.4 Å². The molecule has 0 heterocycles. The van der Waals surface area contributed by atoms with Crippen molar-refractivity contribution in [2.45, 2.75) is 54.4 Å². The highest BCUT2D eigenvalue weighted by atomic mass is 16.5. The summed E-state index contributed by atoms with van der Waals surface area (Å²) in [5.74, 6) is 1.36. The largest absolute Gasteiger partial charge is 0.493 e. The maximum Gasteiger partial charge on any atom is 0.176 e. The van der Waals surface area contributed by atoms with Crippen molar-refractivity contribution in [2.75, 3.05) is 49.2 Å². The smallest absolute Gasteiger partial charge is 0.176 e. The molecule has 0 N–H and O–H groups in total. The minimum atomic E-state index is -0.0798. The Balaban J connectivity index is 2.44. The summed E-state index contributed by atoms with van der Waals surface area (Å²) in [5.41, 5.74) is 3.40. The van der Waals surface area contributed by atoms with Gasteiger partial charge in [0.1, 0.15) is 23.6 Å². The van der Waals surface area contributed by atoms with Gasteiger partial charge in [0.15, 0.2) is 11.4 Å². The maximum atomic E-state index is 9.80. The normalized spacial score (nSPS) is 11.7. The standard InChI is InChI=1S/C32H42N6O2/c1-7-17-39-31-19-27(37(9-3)10-4)15-13-25(31)23-35-29(21-33)30(22-34)36-24-26-14-16-28(38(11-5)12-6)20-32(26)40-18-8-2/h13-16,19-20,23-24H,7-12,17-18H2,1-6H3/b30-29-,35-23?,36-24?. The molecular weight excluding hydrogens is 500 g/mol. The van der Waals surface area contributed by atoms with Crippen LogP contribution >= 0.6 is 0 Å². The quantitative estimate of drug-likeness (QED) is 0.172. The van der Waals surface area contributed by atoms with Crippen molar-refractivity contribution in [3.05, 3.63) is 58.9 Å². The molecule has 2 aromatic rings. The van der Waals surface area contributed by atoms with Crippen LogP contribution in [0.15, 0.2) is 57.8 Å². The van der Waals surface area contributed by atoms with Crippen LogP contribution in [0.5, 0.6) is 11.5 Å². The summed E-state index contributed by atoms with van der Waals surface area (Å²) in [6.45, 7) is 17.2. The lowest BCUT2D eigenvalue weighted by Gasteiger charge is -2.22. The zero-order chi connectivity index (χ0) is 29.3. The first kappa shape index (κ1) is 31.9. The predicted octanol–water partition coefficient (Wildman–Crippen LogP) is 6.75. The first-order chi connectivity index (χ1) is 19.5. The van der Waals surface area contributed by atoms with E-state index < -0.39 is 0 Å². The third-order valence-electron chi connectivity index (χ3n) is 6.28. The van der Waals surface area contributed by atoms with E-state index >= 15 is 0 Å². The zero-order valence-corrected chi connectivity index (χ0v) is 24.8. The topological polar surface area (TPSA) is 97.2 Å². The Morgan fingerprint density at radius 3 is 1.35 bits per heavy atom. The first-order valence-electron chi connectivity index (χ1n) is 14.2. The lowest BCUT2D eigenvalue weighted by molar-refractivity contribution is 0.317. The number of allylic oxidation sites excluding steroid dienone is 2. The van der Waals surface area contributed by atoms with Crippen LogP contribution in [-0.2, 0) is 0 Å². The highest BCUT2D eigenvalue weighted by molar-refractivity contribution is 5.87. The molecule has 40 heavy (non-hydrogen) atoms. The van der Waals surface area contributed by atoms with Crippen LogP contribution in [0.25, 0.3) is 0 Å². The minimum absolute atomic E-state index is 0.0798. The molecule has 8 heteroatoms. The van der Waals surface area contributed by atoms with E-state index in [0.717, 1.165) is 61.5 Å². The Bertz CT molecular complexity index is 1160. The summed E-state index contributed by atoms with van der Waals surface area (Å²) < 4.78 is 12.0. The lowest BCUT2D eigenvalue weighted by Crippen LogP contribution is -2.21. The van der Waals surface area contributed by atoms with E-state index in [2.05, 4.69) is 47.5 Å². The molecule has 0 aliphatic carbocycles. The number of nitrogens with zero attached hydrogens (tertiary/aromatic N) is 6. The second-order valence-electron chi connectivity index (χ2n) is 8.92. The molecule has 0 aromatic heterocycles. The van der Waals surface area contributed by atoms with E-state index in [1.54, 1.807) is 12.4 Å². The van der Waals surface area contributed by atoms with Gasteiger partial charge in [-0.3, -0.25) is 0 Å². The van der Waals surface area contributed by atoms with Crippen LogP contribution in [0.1, 0.15) is 65.5 Å². The van der Waals surface area contributed by atoms with Crippen LogP contribution in [0.2, 0.25) is 0 Å². The third kappa shape index (κ3) is 8.88. The number of ether oxygens (including phenoxy) is 2. The number of rotatable bonds is 16. The third-order valence-corrected chi connectivity index (χ3v) is 6.28. The summed E-state index contributed by atoms with van der Waals surface area (Å²) >= 11 is 0. The van der Waals surface area contributed by atoms with Crippen molar-refractivity contribution in [1.29, 1.82) is 10.5 Å². The maximum absolute atomic E-state index is 9.80. The van der Waals surface area contributed by atoms with Crippen molar-refractivity contribution in [3.63, 3.8) is 0 Å².